The third-order valence-corrected chi connectivity index (χ3v) is 2.10. The molecule has 0 aromatic carbocycles. The molecule has 0 aromatic rings. The molecule has 0 radical (unpaired) electrons. The number of hydrogen-bond donors (Lipinski definition) is 1. The smallest absolute Gasteiger partial charge is 0.335 e. The molecular weight excluding hydrogens is 230 g/mol. The van der Waals surface area contributed by atoms with Gasteiger partial charge in [-0.05, 0) is 6.42 Å². The molecule has 1 aliphatic heterocycles. The summed E-state index contributed by atoms with van der Waals surface area (Å²) in [5, 5.41) is 8.98. The molecule has 0 atom stereocenters. The fourth-order valence-corrected chi connectivity index (χ4v) is 1.23. The lowest BCUT2D eigenvalue weighted by Gasteiger charge is -2.12. The normalized spacial score (nSPS) is 15.5. The van der Waals surface area contributed by atoms with Gasteiger partial charge in [-0.25, -0.2) is 4.79 Å². The number of nitrogens with zero attached hydrogens (tertiary/aromatic N) is 1. The van der Waals surface area contributed by atoms with Crippen molar-refractivity contribution in [1.82, 2.24) is 5.06 Å². The van der Waals surface area contributed by atoms with Gasteiger partial charge in [-0.3, -0.25) is 9.59 Å². The summed E-state index contributed by atoms with van der Waals surface area (Å²) >= 11 is 0. The Bertz CT molecular complexity index is 287. The highest BCUT2D eigenvalue weighted by Gasteiger charge is 2.32. The molecule has 1 saturated heterocycles. The first kappa shape index (κ1) is 13.6. The molecule has 0 saturated carbocycles. The van der Waals surface area contributed by atoms with Crippen LogP contribution in [0.3, 0.4) is 0 Å². The van der Waals surface area contributed by atoms with Crippen molar-refractivity contribution in [1.29, 1.82) is 0 Å². The summed E-state index contributed by atoms with van der Waals surface area (Å²) in [6.45, 7) is 0.516. The Morgan fingerprint density at radius 1 is 1.24 bits per heavy atom. The second-order valence-electron chi connectivity index (χ2n) is 3.48. The van der Waals surface area contributed by atoms with Crippen molar-refractivity contribution in [3.63, 3.8) is 0 Å². The Morgan fingerprint density at radius 3 is 2.47 bits per heavy atom. The summed E-state index contributed by atoms with van der Waals surface area (Å²) in [6.07, 6.45) is 0.624. The molecule has 17 heavy (non-hydrogen) atoms. The van der Waals surface area contributed by atoms with Gasteiger partial charge in [0.15, 0.2) is 0 Å². The minimum Gasteiger partial charge on any atom is -0.396 e. The molecule has 1 aliphatic rings. The summed E-state index contributed by atoms with van der Waals surface area (Å²) in [6, 6.07) is 0. The summed E-state index contributed by atoms with van der Waals surface area (Å²) < 4.78 is 5.01. The predicted molar refractivity (Wildman–Crippen MR) is 54.3 cm³/mol. The summed E-state index contributed by atoms with van der Waals surface area (Å²) in [4.78, 5) is 38.0. The van der Waals surface area contributed by atoms with Gasteiger partial charge in [0, 0.05) is 26.1 Å². The van der Waals surface area contributed by atoms with Crippen molar-refractivity contribution < 1.29 is 29.1 Å². The highest BCUT2D eigenvalue weighted by atomic mass is 16.7. The molecule has 7 heteroatoms. The van der Waals surface area contributed by atoms with E-state index in [9.17, 15) is 14.4 Å². The van der Waals surface area contributed by atoms with E-state index >= 15 is 0 Å². The van der Waals surface area contributed by atoms with Crippen LogP contribution in [0.15, 0.2) is 0 Å². The minimum atomic E-state index is -0.683. The number of aliphatic hydroxyl groups is 1. The van der Waals surface area contributed by atoms with Gasteiger partial charge in [0.05, 0.1) is 13.0 Å². The van der Waals surface area contributed by atoms with E-state index in [4.69, 9.17) is 9.84 Å². The van der Waals surface area contributed by atoms with Crippen LogP contribution >= 0.6 is 0 Å². The van der Waals surface area contributed by atoms with Crippen LogP contribution in [0.4, 0.5) is 0 Å². The van der Waals surface area contributed by atoms with Crippen molar-refractivity contribution in [3.05, 3.63) is 0 Å². The number of hydrogen-bond acceptors (Lipinski definition) is 6. The number of hydroxylamine groups is 2. The number of carbonyl (C=O) groups is 3. The molecule has 96 valence electrons. The molecule has 0 unspecified atom stereocenters. The SMILES string of the molecule is O=C(CCOCCCO)ON1C(=O)CCC1=O. The van der Waals surface area contributed by atoms with Gasteiger partial charge in [0.25, 0.3) is 11.8 Å². The lowest BCUT2D eigenvalue weighted by atomic mass is 10.4. The van der Waals surface area contributed by atoms with Crippen LogP contribution in [0.5, 0.6) is 0 Å². The lowest BCUT2D eigenvalue weighted by Crippen LogP contribution is -2.32. The van der Waals surface area contributed by atoms with Crippen LogP contribution in [0.25, 0.3) is 0 Å². The Labute approximate surface area is 98.2 Å². The highest BCUT2D eigenvalue weighted by molar-refractivity contribution is 6.01. The molecule has 0 spiro atoms. The average Bonchev–Trinajstić information content (AvgIpc) is 2.60. The van der Waals surface area contributed by atoms with Gasteiger partial charge in [-0.15, -0.1) is 5.06 Å². The van der Waals surface area contributed by atoms with Crippen LogP contribution in [-0.2, 0) is 24.0 Å². The van der Waals surface area contributed by atoms with Crippen LogP contribution in [-0.4, -0.2) is 47.8 Å². The maximum Gasteiger partial charge on any atom is 0.335 e. The zero-order valence-corrected chi connectivity index (χ0v) is 9.39. The van der Waals surface area contributed by atoms with Gasteiger partial charge in [-0.1, -0.05) is 0 Å². The largest absolute Gasteiger partial charge is 0.396 e. The fraction of sp³-hybridized carbons (Fsp3) is 0.700. The monoisotopic (exact) mass is 245 g/mol. The summed E-state index contributed by atoms with van der Waals surface area (Å²) in [7, 11) is 0. The summed E-state index contributed by atoms with van der Waals surface area (Å²) in [5.41, 5.74) is 0. The van der Waals surface area contributed by atoms with Gasteiger partial charge in [0.2, 0.25) is 0 Å². The number of rotatable bonds is 7. The molecule has 0 aliphatic carbocycles. The second kappa shape index (κ2) is 6.97. The quantitative estimate of drug-likeness (QED) is 0.474. The van der Waals surface area contributed by atoms with Crippen molar-refractivity contribution in [3.8, 4) is 0 Å². The average molecular weight is 245 g/mol. The number of aliphatic hydroxyl groups excluding tert-OH is 1. The van der Waals surface area contributed by atoms with Crippen LogP contribution in [0, 0.1) is 0 Å². The molecule has 1 fully saturated rings. The predicted octanol–water partition coefficient (Wildman–Crippen LogP) is -0.617. The molecule has 1 rings (SSSR count). The van der Waals surface area contributed by atoms with E-state index in [2.05, 4.69) is 4.84 Å². The molecule has 1 N–H and O–H groups in total. The molecular formula is C10H15NO6. The lowest BCUT2D eigenvalue weighted by molar-refractivity contribution is -0.198. The maximum absolute atomic E-state index is 11.2. The van der Waals surface area contributed by atoms with Crippen molar-refractivity contribution in [2.75, 3.05) is 19.8 Å². The standard InChI is InChI=1S/C10H15NO6/c12-5-1-6-16-7-4-10(15)17-11-8(13)2-3-9(11)14/h12H,1-7H2. The molecule has 2 amide bonds. The van der Waals surface area contributed by atoms with Crippen molar-refractivity contribution >= 4 is 17.8 Å². The first-order valence-electron chi connectivity index (χ1n) is 5.40. The van der Waals surface area contributed by atoms with Gasteiger partial charge in [0.1, 0.15) is 0 Å². The van der Waals surface area contributed by atoms with E-state index in [-0.39, 0.29) is 32.5 Å². The van der Waals surface area contributed by atoms with Gasteiger partial charge >= 0.3 is 5.97 Å². The topological polar surface area (TPSA) is 93.1 Å². The third-order valence-electron chi connectivity index (χ3n) is 2.10. The summed E-state index contributed by atoms with van der Waals surface area (Å²) in [5.74, 6) is -1.67. The first-order valence-corrected chi connectivity index (χ1v) is 5.40. The molecule has 0 bridgehead atoms. The van der Waals surface area contributed by atoms with E-state index in [1.165, 1.54) is 0 Å². The Morgan fingerprint density at radius 2 is 1.88 bits per heavy atom. The van der Waals surface area contributed by atoms with Crippen molar-refractivity contribution in [2.45, 2.75) is 25.7 Å². The van der Waals surface area contributed by atoms with E-state index in [0.717, 1.165) is 0 Å². The highest BCUT2D eigenvalue weighted by Crippen LogP contribution is 2.12. The second-order valence-corrected chi connectivity index (χ2v) is 3.48. The number of imide groups is 1. The van der Waals surface area contributed by atoms with Gasteiger partial charge < -0.3 is 14.7 Å². The zero-order chi connectivity index (χ0) is 12.7. The first-order chi connectivity index (χ1) is 8.15. The minimum absolute atomic E-state index is 0.0290. The van der Waals surface area contributed by atoms with Crippen LogP contribution in [0.2, 0.25) is 0 Å². The van der Waals surface area contributed by atoms with Crippen LogP contribution < -0.4 is 0 Å². The number of carbonyl (C=O) groups excluding carboxylic acids is 3. The zero-order valence-electron chi connectivity index (χ0n) is 9.39. The van der Waals surface area contributed by atoms with Crippen LogP contribution in [0.1, 0.15) is 25.7 Å². The molecule has 0 aromatic heterocycles. The number of ether oxygens (including phenoxy) is 1. The van der Waals surface area contributed by atoms with E-state index in [0.29, 0.717) is 18.1 Å². The van der Waals surface area contributed by atoms with E-state index < -0.39 is 17.8 Å². The maximum atomic E-state index is 11.2. The Hall–Kier alpha value is -1.47. The van der Waals surface area contributed by atoms with Gasteiger partial charge in [-0.2, -0.15) is 0 Å². The number of amides is 2. The van der Waals surface area contributed by atoms with Crippen molar-refractivity contribution in [2.24, 2.45) is 0 Å². The van der Waals surface area contributed by atoms with E-state index in [1.807, 2.05) is 0 Å². The fourth-order valence-electron chi connectivity index (χ4n) is 1.23. The molecule has 1 heterocycles. The molecule has 7 nitrogen and oxygen atoms in total. The Balaban J connectivity index is 2.16. The third kappa shape index (κ3) is 4.49. The van der Waals surface area contributed by atoms with E-state index in [1.54, 1.807) is 0 Å². The Kier molecular flexibility index (Phi) is 5.58.